The lowest BCUT2D eigenvalue weighted by molar-refractivity contribution is -0.178. The first-order valence-electron chi connectivity index (χ1n) is 15.7. The summed E-state index contributed by atoms with van der Waals surface area (Å²) in [4.78, 5) is 41.3. The van der Waals surface area contributed by atoms with Crippen molar-refractivity contribution in [2.45, 2.75) is 143 Å². The van der Waals surface area contributed by atoms with Crippen LogP contribution in [-0.2, 0) is 32.7 Å². The van der Waals surface area contributed by atoms with Gasteiger partial charge in [-0.05, 0) is 76.1 Å². The summed E-state index contributed by atoms with van der Waals surface area (Å²) in [7, 11) is -4.27. The van der Waals surface area contributed by atoms with Crippen LogP contribution in [0.25, 0.3) is 0 Å². The molecule has 8 nitrogen and oxygen atoms in total. The van der Waals surface area contributed by atoms with Gasteiger partial charge in [0.05, 0.1) is 17.6 Å². The zero-order valence-corrected chi connectivity index (χ0v) is 29.8. The van der Waals surface area contributed by atoms with Crippen LogP contribution >= 0.6 is 0 Å². The van der Waals surface area contributed by atoms with E-state index < -0.39 is 75.5 Å². The quantitative estimate of drug-likeness (QED) is 0.161. The maximum absolute atomic E-state index is 15.3. The van der Waals surface area contributed by atoms with Gasteiger partial charge in [0.25, 0.3) is 0 Å². The first kappa shape index (κ1) is 33.1. The highest BCUT2D eigenvalue weighted by Gasteiger charge is 2.74. The summed E-state index contributed by atoms with van der Waals surface area (Å²) in [6, 6.07) is 2.79. The summed E-state index contributed by atoms with van der Waals surface area (Å²) in [6.45, 7) is 24.1. The molecular formula is C32H52O8Si2. The minimum atomic E-state index is -2.18. The van der Waals surface area contributed by atoms with Gasteiger partial charge < -0.3 is 23.1 Å². The van der Waals surface area contributed by atoms with E-state index in [1.807, 2.05) is 34.6 Å². The molecule has 1 saturated heterocycles. The standard InChI is InChI=1S/C32H52O8Si2/c1-13-42(14-2,15-3)40-23-17-16-19(4)24-28-32(38-29(35)37-28)18-22(39-41(10,11)12)20(5)25(30(32,7)8)26(36-21(6)33)27(34)31(23,24)9/h16,22-24,26,28H,13-15,17-18H2,1-12H3/t22-,23-,24-,26+,28-,31+,32+/m0/s1. The maximum Gasteiger partial charge on any atom is 0.509 e. The number of Topliss-reactive ketones (excluding diaryl/α,β-unsaturated/α-hetero) is 1. The number of carbonyl (C=O) groups excluding carboxylic acids is 3. The maximum atomic E-state index is 15.3. The van der Waals surface area contributed by atoms with Gasteiger partial charge in [0.15, 0.2) is 40.2 Å². The number of esters is 1. The van der Waals surface area contributed by atoms with Crippen LogP contribution in [0.1, 0.15) is 75.2 Å². The third kappa shape index (κ3) is 4.98. The van der Waals surface area contributed by atoms with Gasteiger partial charge in [-0.3, -0.25) is 9.59 Å². The highest BCUT2D eigenvalue weighted by atomic mass is 28.4. The average molecular weight is 621 g/mol. The second kappa shape index (κ2) is 11.0. The fourth-order valence-corrected chi connectivity index (χ4v) is 12.5. The van der Waals surface area contributed by atoms with Crippen LogP contribution < -0.4 is 0 Å². The van der Waals surface area contributed by atoms with Crippen LogP contribution in [-0.4, -0.2) is 64.6 Å². The van der Waals surface area contributed by atoms with E-state index in [9.17, 15) is 9.59 Å². The molecular weight excluding hydrogens is 569 g/mol. The molecule has 10 heteroatoms. The van der Waals surface area contributed by atoms with Crippen LogP contribution in [0.5, 0.6) is 0 Å². The Balaban J connectivity index is 2.06. The molecule has 42 heavy (non-hydrogen) atoms. The van der Waals surface area contributed by atoms with E-state index in [2.05, 4.69) is 46.5 Å². The molecule has 3 aliphatic carbocycles. The van der Waals surface area contributed by atoms with Gasteiger partial charge in [0, 0.05) is 24.7 Å². The molecule has 1 spiro atoms. The van der Waals surface area contributed by atoms with Crippen molar-refractivity contribution in [2.24, 2.45) is 16.7 Å². The molecule has 2 fully saturated rings. The van der Waals surface area contributed by atoms with Gasteiger partial charge in [0.1, 0.15) is 0 Å². The van der Waals surface area contributed by atoms with Crippen molar-refractivity contribution in [1.29, 1.82) is 0 Å². The van der Waals surface area contributed by atoms with Crippen LogP contribution in [0.2, 0.25) is 37.8 Å². The fraction of sp³-hybridized carbons (Fsp3) is 0.781. The van der Waals surface area contributed by atoms with Crippen molar-refractivity contribution in [3.8, 4) is 0 Å². The van der Waals surface area contributed by atoms with E-state index in [4.69, 9.17) is 23.1 Å². The van der Waals surface area contributed by atoms with E-state index in [-0.39, 0.29) is 5.78 Å². The fourth-order valence-electron chi connectivity index (χ4n) is 8.44. The molecule has 4 aliphatic rings. The van der Waals surface area contributed by atoms with Gasteiger partial charge in [-0.15, -0.1) is 0 Å². The lowest BCUT2D eigenvalue weighted by Gasteiger charge is -2.60. The summed E-state index contributed by atoms with van der Waals surface area (Å²) in [5, 5.41) is 0. The van der Waals surface area contributed by atoms with Crippen LogP contribution in [0.15, 0.2) is 22.8 Å². The van der Waals surface area contributed by atoms with Crippen molar-refractivity contribution in [1.82, 2.24) is 0 Å². The number of hydrogen-bond acceptors (Lipinski definition) is 8. The Bertz CT molecular complexity index is 1190. The summed E-state index contributed by atoms with van der Waals surface area (Å²) >= 11 is 0. The van der Waals surface area contributed by atoms with Crippen molar-refractivity contribution < 1.29 is 37.4 Å². The van der Waals surface area contributed by atoms with E-state index in [0.717, 1.165) is 29.3 Å². The highest BCUT2D eigenvalue weighted by Crippen LogP contribution is 2.64. The van der Waals surface area contributed by atoms with Gasteiger partial charge in [0.2, 0.25) is 0 Å². The molecule has 0 aromatic carbocycles. The second-order valence-corrected chi connectivity index (χ2v) is 23.8. The Labute approximate surface area is 254 Å². The Morgan fingerprint density at radius 2 is 1.62 bits per heavy atom. The Morgan fingerprint density at radius 1 is 1.02 bits per heavy atom. The number of fused-ring (bicyclic) bond motifs is 3. The molecule has 236 valence electrons. The zero-order chi connectivity index (χ0) is 31.6. The highest BCUT2D eigenvalue weighted by molar-refractivity contribution is 6.73. The van der Waals surface area contributed by atoms with Crippen molar-refractivity contribution >= 4 is 34.5 Å². The molecule has 2 bridgehead atoms. The first-order valence-corrected chi connectivity index (χ1v) is 21.6. The largest absolute Gasteiger partial charge is 0.509 e. The summed E-state index contributed by atoms with van der Waals surface area (Å²) in [5.41, 5.74) is -0.727. The SMILES string of the molecule is CC[Si](CC)(CC)O[C@H]1CC=C(C)[C@H]2[C@@H]3OC(=O)O[C@]34C[C@H](O[Si](C)(C)C)C(C)=C([C@@H](OC(C)=O)C(=O)[C@]12C)C4(C)C. The molecule has 0 unspecified atom stereocenters. The molecule has 1 heterocycles. The molecule has 0 radical (unpaired) electrons. The normalized spacial score (nSPS) is 36.2. The van der Waals surface area contributed by atoms with E-state index in [0.29, 0.717) is 18.4 Å². The summed E-state index contributed by atoms with van der Waals surface area (Å²) in [6.07, 6.45) is -0.470. The second-order valence-electron chi connectivity index (χ2n) is 14.6. The summed E-state index contributed by atoms with van der Waals surface area (Å²) < 4.78 is 32.4. The Hall–Kier alpha value is -1.76. The van der Waals surface area contributed by atoms with E-state index in [1.165, 1.54) is 6.92 Å². The molecule has 7 atom stereocenters. The molecule has 0 aromatic rings. The zero-order valence-electron chi connectivity index (χ0n) is 27.8. The van der Waals surface area contributed by atoms with Gasteiger partial charge in [-0.1, -0.05) is 46.3 Å². The predicted molar refractivity (Wildman–Crippen MR) is 166 cm³/mol. The number of ketones is 1. The van der Waals surface area contributed by atoms with Crippen LogP contribution in [0.4, 0.5) is 4.79 Å². The van der Waals surface area contributed by atoms with Gasteiger partial charge >= 0.3 is 12.1 Å². The number of rotatable bonds is 8. The lowest BCUT2D eigenvalue weighted by atomic mass is 9.48. The van der Waals surface area contributed by atoms with E-state index >= 15 is 4.79 Å². The van der Waals surface area contributed by atoms with Crippen molar-refractivity contribution in [3.63, 3.8) is 0 Å². The smallest absolute Gasteiger partial charge is 0.450 e. The molecule has 4 rings (SSSR count). The molecule has 0 aromatic heterocycles. The van der Waals surface area contributed by atoms with E-state index in [1.54, 1.807) is 0 Å². The number of ether oxygens (including phenoxy) is 3. The Kier molecular flexibility index (Phi) is 8.68. The van der Waals surface area contributed by atoms with Crippen LogP contribution in [0.3, 0.4) is 0 Å². The molecule has 0 amide bonds. The summed E-state index contributed by atoms with van der Waals surface area (Å²) in [5.74, 6) is -1.28. The third-order valence-electron chi connectivity index (χ3n) is 11.0. The minimum Gasteiger partial charge on any atom is -0.450 e. The topological polar surface area (TPSA) is 97.4 Å². The third-order valence-corrected chi connectivity index (χ3v) is 16.6. The van der Waals surface area contributed by atoms with Crippen LogP contribution in [0, 0.1) is 16.7 Å². The predicted octanol–water partition coefficient (Wildman–Crippen LogP) is 7.10. The minimum absolute atomic E-state index is 0.209. The van der Waals surface area contributed by atoms with Gasteiger partial charge in [-0.2, -0.15) is 0 Å². The first-order chi connectivity index (χ1) is 19.3. The molecule has 0 N–H and O–H groups in total. The van der Waals surface area contributed by atoms with Crippen molar-refractivity contribution in [2.75, 3.05) is 0 Å². The molecule has 1 saturated carbocycles. The lowest BCUT2D eigenvalue weighted by Crippen LogP contribution is -2.70. The average Bonchev–Trinajstić information content (AvgIpc) is 3.21. The Morgan fingerprint density at radius 3 is 2.14 bits per heavy atom. The number of hydrogen-bond donors (Lipinski definition) is 0. The number of carbonyl (C=O) groups is 3. The van der Waals surface area contributed by atoms with Crippen molar-refractivity contribution in [3.05, 3.63) is 22.8 Å². The molecule has 1 aliphatic heterocycles. The van der Waals surface area contributed by atoms with Gasteiger partial charge in [-0.25, -0.2) is 4.79 Å². The monoisotopic (exact) mass is 620 g/mol.